The maximum Gasteiger partial charge on any atom is 0.162 e. The summed E-state index contributed by atoms with van der Waals surface area (Å²) in [4.78, 5) is 11.8. The lowest BCUT2D eigenvalue weighted by molar-refractivity contribution is 0.122. The summed E-state index contributed by atoms with van der Waals surface area (Å²) in [6, 6.07) is 10.3. The van der Waals surface area contributed by atoms with Crippen LogP contribution < -0.4 is 4.90 Å². The van der Waals surface area contributed by atoms with Crippen LogP contribution in [0.3, 0.4) is 0 Å². The van der Waals surface area contributed by atoms with E-state index < -0.39 is 0 Å². The summed E-state index contributed by atoms with van der Waals surface area (Å²) >= 11 is 1.67. The van der Waals surface area contributed by atoms with Crippen molar-refractivity contribution in [1.82, 2.24) is 9.97 Å². The summed E-state index contributed by atoms with van der Waals surface area (Å²) in [6.45, 7) is 3.27. The van der Waals surface area contributed by atoms with Gasteiger partial charge in [-0.3, -0.25) is 0 Å². The first-order valence-corrected chi connectivity index (χ1v) is 7.98. The quantitative estimate of drug-likeness (QED) is 0.728. The van der Waals surface area contributed by atoms with Crippen molar-refractivity contribution < 1.29 is 4.74 Å². The van der Waals surface area contributed by atoms with E-state index in [9.17, 15) is 0 Å². The lowest BCUT2D eigenvalue weighted by Crippen LogP contribution is -2.37. The summed E-state index contributed by atoms with van der Waals surface area (Å²) in [5, 5.41) is 5.26. The lowest BCUT2D eigenvalue weighted by Gasteiger charge is -2.28. The summed E-state index contributed by atoms with van der Waals surface area (Å²) in [7, 11) is 0. The molecule has 2 aromatic heterocycles. The molecule has 3 heterocycles. The van der Waals surface area contributed by atoms with E-state index in [-0.39, 0.29) is 0 Å². The Morgan fingerprint density at radius 2 is 1.90 bits per heavy atom. The van der Waals surface area contributed by atoms with E-state index in [0.717, 1.165) is 54.4 Å². The Labute approximate surface area is 127 Å². The van der Waals surface area contributed by atoms with E-state index in [4.69, 9.17) is 14.7 Å². The Hall–Kier alpha value is -1.98. The van der Waals surface area contributed by atoms with Crippen molar-refractivity contribution in [3.8, 4) is 11.4 Å². The number of hydrogen-bond acceptors (Lipinski definition) is 5. The van der Waals surface area contributed by atoms with E-state index in [1.165, 1.54) is 0 Å². The summed E-state index contributed by atoms with van der Waals surface area (Å²) in [5.74, 6) is 1.82. The number of morpholine rings is 1. The van der Waals surface area contributed by atoms with E-state index in [1.807, 2.05) is 12.1 Å². The Morgan fingerprint density at radius 3 is 2.71 bits per heavy atom. The molecule has 0 radical (unpaired) electrons. The number of ether oxygens (including phenoxy) is 1. The number of benzene rings is 1. The molecule has 1 aromatic carbocycles. The van der Waals surface area contributed by atoms with Gasteiger partial charge < -0.3 is 9.64 Å². The maximum absolute atomic E-state index is 5.45. The highest BCUT2D eigenvalue weighted by Crippen LogP contribution is 2.28. The number of thiophene rings is 1. The average molecular weight is 297 g/mol. The smallest absolute Gasteiger partial charge is 0.162 e. The molecule has 0 atom stereocenters. The predicted octanol–water partition coefficient (Wildman–Crippen LogP) is 3.19. The Bertz CT molecular complexity index is 751. The Kier molecular flexibility index (Phi) is 3.29. The number of nitrogens with zero attached hydrogens (tertiary/aromatic N) is 3. The van der Waals surface area contributed by atoms with Gasteiger partial charge in [-0.05, 0) is 23.6 Å². The molecular weight excluding hydrogens is 282 g/mol. The molecule has 1 fully saturated rings. The van der Waals surface area contributed by atoms with Crippen LogP contribution in [0.25, 0.3) is 22.3 Å². The molecule has 4 nitrogen and oxygen atoms in total. The molecule has 21 heavy (non-hydrogen) atoms. The van der Waals surface area contributed by atoms with E-state index in [0.29, 0.717) is 0 Å². The van der Waals surface area contributed by atoms with Gasteiger partial charge in [0.05, 0.1) is 18.7 Å². The van der Waals surface area contributed by atoms with Crippen molar-refractivity contribution in [2.75, 3.05) is 31.2 Å². The third-order valence-electron chi connectivity index (χ3n) is 3.67. The molecule has 3 aromatic rings. The van der Waals surface area contributed by atoms with Gasteiger partial charge in [-0.1, -0.05) is 12.1 Å². The molecule has 1 saturated heterocycles. The number of aromatic nitrogens is 2. The fourth-order valence-electron chi connectivity index (χ4n) is 2.60. The SMILES string of the molecule is c1ccc2c(N3CCOCC3)nc(-c3ccsc3)nc2c1. The largest absolute Gasteiger partial charge is 0.378 e. The molecule has 106 valence electrons. The van der Waals surface area contributed by atoms with Crippen molar-refractivity contribution in [3.63, 3.8) is 0 Å². The average Bonchev–Trinajstić information content (AvgIpc) is 3.09. The van der Waals surface area contributed by atoms with Gasteiger partial charge >= 0.3 is 0 Å². The van der Waals surface area contributed by atoms with Crippen LogP contribution in [0.2, 0.25) is 0 Å². The second kappa shape index (κ2) is 5.42. The lowest BCUT2D eigenvalue weighted by atomic mass is 10.2. The van der Waals surface area contributed by atoms with Crippen LogP contribution in [0.1, 0.15) is 0 Å². The molecular formula is C16H15N3OS. The van der Waals surface area contributed by atoms with Crippen molar-refractivity contribution in [1.29, 1.82) is 0 Å². The Balaban J connectivity index is 1.90. The van der Waals surface area contributed by atoms with Crippen LogP contribution in [-0.4, -0.2) is 36.3 Å². The first-order chi connectivity index (χ1) is 10.4. The molecule has 0 N–H and O–H groups in total. The van der Waals surface area contributed by atoms with Gasteiger partial charge in [0, 0.05) is 29.4 Å². The molecule has 0 bridgehead atoms. The van der Waals surface area contributed by atoms with Crippen LogP contribution in [0, 0.1) is 0 Å². The highest BCUT2D eigenvalue weighted by atomic mass is 32.1. The molecule has 0 amide bonds. The van der Waals surface area contributed by atoms with E-state index >= 15 is 0 Å². The second-order valence-electron chi connectivity index (χ2n) is 5.00. The van der Waals surface area contributed by atoms with Crippen LogP contribution >= 0.6 is 11.3 Å². The van der Waals surface area contributed by atoms with E-state index in [2.05, 4.69) is 33.9 Å². The molecule has 0 unspecified atom stereocenters. The highest BCUT2D eigenvalue weighted by Gasteiger charge is 2.17. The van der Waals surface area contributed by atoms with Gasteiger partial charge in [-0.15, -0.1) is 0 Å². The minimum atomic E-state index is 0.756. The summed E-state index contributed by atoms with van der Waals surface area (Å²) < 4.78 is 5.45. The third-order valence-corrected chi connectivity index (χ3v) is 4.36. The second-order valence-corrected chi connectivity index (χ2v) is 5.78. The minimum absolute atomic E-state index is 0.756. The van der Waals surface area contributed by atoms with Crippen LogP contribution in [-0.2, 0) is 4.74 Å². The number of rotatable bonds is 2. The topological polar surface area (TPSA) is 38.2 Å². The van der Waals surface area contributed by atoms with Gasteiger partial charge in [0.15, 0.2) is 5.82 Å². The number of para-hydroxylation sites is 1. The zero-order valence-corrected chi connectivity index (χ0v) is 12.3. The van der Waals surface area contributed by atoms with Gasteiger partial charge in [0.25, 0.3) is 0 Å². The number of fused-ring (bicyclic) bond motifs is 1. The van der Waals surface area contributed by atoms with E-state index in [1.54, 1.807) is 11.3 Å². The third kappa shape index (κ3) is 2.39. The van der Waals surface area contributed by atoms with Gasteiger partial charge in [-0.2, -0.15) is 11.3 Å². The molecule has 5 heteroatoms. The molecule has 4 rings (SSSR count). The van der Waals surface area contributed by atoms with Crippen LogP contribution in [0.5, 0.6) is 0 Å². The first-order valence-electron chi connectivity index (χ1n) is 7.04. The Morgan fingerprint density at radius 1 is 1.05 bits per heavy atom. The zero-order chi connectivity index (χ0) is 14.1. The fraction of sp³-hybridized carbons (Fsp3) is 0.250. The molecule has 1 aliphatic rings. The fourth-order valence-corrected chi connectivity index (χ4v) is 3.23. The summed E-state index contributed by atoms with van der Waals surface area (Å²) in [5.41, 5.74) is 2.08. The van der Waals surface area contributed by atoms with Crippen molar-refractivity contribution in [2.24, 2.45) is 0 Å². The number of hydrogen-bond donors (Lipinski definition) is 0. The minimum Gasteiger partial charge on any atom is -0.378 e. The normalized spacial score (nSPS) is 15.5. The molecule has 0 aliphatic carbocycles. The number of anilines is 1. The molecule has 0 saturated carbocycles. The maximum atomic E-state index is 5.45. The monoisotopic (exact) mass is 297 g/mol. The standard InChI is InChI=1S/C16H15N3OS/c1-2-4-14-13(3-1)16(19-6-8-20-9-7-19)18-15(17-14)12-5-10-21-11-12/h1-5,10-11H,6-9H2. The van der Waals surface area contributed by atoms with Gasteiger partial charge in [-0.25, -0.2) is 9.97 Å². The highest BCUT2D eigenvalue weighted by molar-refractivity contribution is 7.08. The van der Waals surface area contributed by atoms with Gasteiger partial charge in [0.2, 0.25) is 0 Å². The van der Waals surface area contributed by atoms with Gasteiger partial charge in [0.1, 0.15) is 5.82 Å². The zero-order valence-electron chi connectivity index (χ0n) is 11.5. The van der Waals surface area contributed by atoms with Crippen molar-refractivity contribution >= 4 is 28.1 Å². The van der Waals surface area contributed by atoms with Crippen LogP contribution in [0.4, 0.5) is 5.82 Å². The predicted molar refractivity (Wildman–Crippen MR) is 85.9 cm³/mol. The van der Waals surface area contributed by atoms with Crippen molar-refractivity contribution in [3.05, 3.63) is 41.1 Å². The first kappa shape index (κ1) is 12.7. The summed E-state index contributed by atoms with van der Waals surface area (Å²) in [6.07, 6.45) is 0. The molecule has 1 aliphatic heterocycles. The molecule has 0 spiro atoms. The van der Waals surface area contributed by atoms with Crippen LogP contribution in [0.15, 0.2) is 41.1 Å². The van der Waals surface area contributed by atoms with Crippen molar-refractivity contribution in [2.45, 2.75) is 0 Å².